The second-order valence-corrected chi connectivity index (χ2v) is 30.0. The molecule has 0 N–H and O–H groups in total. The summed E-state index contributed by atoms with van der Waals surface area (Å²) in [4.78, 5) is 0. The molecule has 0 aliphatic rings. The molecule has 3 nitrogen and oxygen atoms in total. The molecular weight excluding hydrogens is 1630 g/mol. The Balaban J connectivity index is 0.000000140. The molecule has 3 heterocycles. The Morgan fingerprint density at radius 3 is 0.674 bits per heavy atom. The highest BCUT2D eigenvalue weighted by Gasteiger charge is 2.25. The third-order valence-electron chi connectivity index (χ3n) is 22.9. The second kappa shape index (κ2) is 30.4. The lowest BCUT2D eigenvalue weighted by atomic mass is 9.84. The molecule has 0 aliphatic carbocycles. The van der Waals surface area contributed by atoms with Crippen molar-refractivity contribution in [3.8, 4) is 66.8 Å². The van der Waals surface area contributed by atoms with Crippen LogP contribution in [0.15, 0.2) is 485 Å². The second-order valence-electron chi connectivity index (χ2n) is 30.0. The van der Waals surface area contributed by atoms with Crippen molar-refractivity contribution < 1.29 is 120 Å². The van der Waals surface area contributed by atoms with Crippen molar-refractivity contribution in [3.05, 3.63) is 471 Å². The van der Waals surface area contributed by atoms with Gasteiger partial charge in [0.15, 0.2) is 0 Å². The maximum absolute atomic E-state index is 9.84. The van der Waals surface area contributed by atoms with Gasteiger partial charge in [-0.05, 0) is 279 Å². The lowest BCUT2D eigenvalue weighted by Gasteiger charge is -2.19. The molecule has 0 amide bonds. The number of hydrogen-bond donors (Lipinski definition) is 0. The summed E-state index contributed by atoms with van der Waals surface area (Å²) in [7, 11) is 0. The van der Waals surface area contributed by atoms with E-state index in [2.05, 4.69) is 0 Å². The summed E-state index contributed by atoms with van der Waals surface area (Å²) >= 11 is 0. The van der Waals surface area contributed by atoms with Gasteiger partial charge >= 0.3 is 0 Å². The normalized spacial score (nSPS) is 20.1. The van der Waals surface area contributed by atoms with Crippen molar-refractivity contribution in [2.75, 3.05) is 0 Å². The Bertz CT molecular complexity index is 15200. The summed E-state index contributed by atoms with van der Waals surface area (Å²) in [6.07, 6.45) is 0. The van der Waals surface area contributed by atoms with Gasteiger partial charge in [0.1, 0.15) is 33.5 Å². The molecule has 3 aromatic heterocycles. The largest absolute Gasteiger partial charge is 0.455 e. The van der Waals surface area contributed by atoms with Gasteiger partial charge in [0.05, 0.1) is 107 Å². The van der Waals surface area contributed by atoms with Gasteiger partial charge in [0, 0.05) is 48.5 Å². The van der Waals surface area contributed by atoms with Crippen LogP contribution in [0.4, 0.5) is 0 Å². The highest BCUT2D eigenvalue weighted by molar-refractivity contribution is 6.30. The van der Waals surface area contributed by atoms with Crippen molar-refractivity contribution in [3.63, 3.8) is 0 Å². The van der Waals surface area contributed by atoms with E-state index in [-0.39, 0.29) is 0 Å². The molecule has 135 heavy (non-hydrogen) atoms. The van der Waals surface area contributed by atoms with Crippen molar-refractivity contribution >= 4 is 227 Å². The van der Waals surface area contributed by atoms with Crippen LogP contribution < -0.4 is 0 Å². The molecule has 0 aliphatic heterocycles. The van der Waals surface area contributed by atoms with E-state index >= 15 is 0 Å². The summed E-state index contributed by atoms with van der Waals surface area (Å²) < 4.78 is 720. The van der Waals surface area contributed by atoms with Crippen LogP contribution in [0.2, 0.25) is 0 Å². The average molecular weight is 1790 g/mol. The molecule has 0 radical (unpaired) electrons. The summed E-state index contributed by atoms with van der Waals surface area (Å²) in [5, 5.41) is -20.5. The molecule has 0 fully saturated rings. The molecule has 0 saturated heterocycles. The number of hydrogen-bond acceptors (Lipinski definition) is 3. The lowest BCUT2D eigenvalue weighted by molar-refractivity contribution is 0.672. The maximum Gasteiger partial charge on any atom is 0.143 e. The first-order valence-electron chi connectivity index (χ1n) is 79.2. The zero-order valence-corrected chi connectivity index (χ0v) is 67.2. The molecule has 30 aromatic rings. The zero-order valence-electron chi connectivity index (χ0n) is 145. The van der Waals surface area contributed by atoms with Gasteiger partial charge in [-0.15, -0.1) is 0 Å². The highest BCUT2D eigenvalue weighted by Crippen LogP contribution is 2.52. The molecule has 0 unspecified atom stereocenters. The number of furan rings is 3. The molecule has 0 spiro atoms. The van der Waals surface area contributed by atoms with Crippen molar-refractivity contribution in [2.45, 2.75) is 0 Å². The molecule has 27 aromatic carbocycles. The number of fused-ring (bicyclic) bond motifs is 30. The van der Waals surface area contributed by atoms with Crippen LogP contribution in [-0.4, -0.2) is 0 Å². The minimum absolute atomic E-state index is 0.401. The van der Waals surface area contributed by atoms with Crippen molar-refractivity contribution in [1.29, 1.82) is 0 Å². The molecule has 0 saturated carbocycles. The summed E-state index contributed by atoms with van der Waals surface area (Å²) in [6, 6.07) is -67.6. The van der Waals surface area contributed by atoms with Crippen LogP contribution in [0.3, 0.4) is 0 Å². The van der Waals surface area contributed by atoms with E-state index in [0.29, 0.717) is 0 Å². The van der Waals surface area contributed by atoms with Gasteiger partial charge in [0.2, 0.25) is 0 Å². The van der Waals surface area contributed by atoms with E-state index in [1.165, 1.54) is 0 Å². The van der Waals surface area contributed by atoms with Crippen LogP contribution >= 0.6 is 0 Å². The highest BCUT2D eigenvalue weighted by atomic mass is 16.3. The minimum atomic E-state index is -0.981. The minimum Gasteiger partial charge on any atom is -0.455 e. The monoisotopic (exact) mass is 1790 g/mol. The summed E-state index contributed by atoms with van der Waals surface area (Å²) in [6.45, 7) is 0. The maximum atomic E-state index is 9.84. The van der Waals surface area contributed by atoms with Gasteiger partial charge in [-0.25, -0.2) is 0 Å². The van der Waals surface area contributed by atoms with Crippen LogP contribution in [0.5, 0.6) is 0 Å². The zero-order chi connectivity index (χ0) is 156. The molecule has 0 atom stereocenters. The van der Waals surface area contributed by atoms with E-state index in [1.54, 1.807) is 0 Å². The fourth-order valence-electron chi connectivity index (χ4n) is 17.2. The summed E-state index contributed by atoms with van der Waals surface area (Å²) in [5.41, 5.74) is -11.9. The van der Waals surface area contributed by atoms with Gasteiger partial charge in [-0.2, -0.15) is 0 Å². The van der Waals surface area contributed by atoms with Crippen molar-refractivity contribution in [2.24, 2.45) is 0 Å². The SMILES string of the molecule is [2H]c1c(-c2c3c([2H])c([2H])c([2H])c([2H])c3c(-c3c([2H])c([2H])c([2H])c4c3c([2H])c([2H])c3c([2H])c([2H])c([2H])c([2H])c34)c3c([2H])c([2H])c([2H])c([2H])c23)c([2H])c2c(oc3c4c([2H])c([2H])c([2H])c([2H])c4c([2H])c([2H])c32)c1[2H].[2H]c1c(-c2c3c([2H])c([2H])c([2H])c([2H])c3c(-c3c([2H])c([2H])c4c([2H])c([2H])c5c([2H])c([2H])c([2H])c([2H])c5c4c3[2H])c3c([2H])c([2H])c([2H])c([2H])c23)c([2H])c2c(oc3c4c([2H])c([2H])c([2H])c([2H])c4c([2H])c([2H])c32)c1[2H].[2H]c1c(-c2c3c([2H])c([2H])c([2H])c([2H])c3c(-c3c([2H])c([2H])c4c(c3[2H])c([2H])c([2H])c3c([2H])c([2H])c([2H])c([2H])c34)c3c([2H])c([2H])c([2H])c([2H])c23)c([2H])c2c(oc3c4c([2H])c([2H])c([2H])c([2H])c4c([2H])c([2H])c32)c1[2H]. The Labute approximate surface area is 884 Å². The Morgan fingerprint density at radius 1 is 0.119 bits per heavy atom. The van der Waals surface area contributed by atoms with E-state index in [1.807, 2.05) is 0 Å². The molecular formula is C132H78O3. The Hall–Kier alpha value is -17.8. The topological polar surface area (TPSA) is 39.4 Å². The van der Waals surface area contributed by atoms with Gasteiger partial charge < -0.3 is 13.3 Å². The fourth-order valence-corrected chi connectivity index (χ4v) is 17.2. The lowest BCUT2D eigenvalue weighted by Crippen LogP contribution is -1.91. The number of benzene rings is 27. The van der Waals surface area contributed by atoms with Gasteiger partial charge in [-0.1, -0.05) is 405 Å². The van der Waals surface area contributed by atoms with E-state index in [0.717, 1.165) is 0 Å². The Kier molecular flexibility index (Phi) is 7.23. The first kappa shape index (κ1) is 32.1. The van der Waals surface area contributed by atoms with Gasteiger partial charge in [0.25, 0.3) is 0 Å². The molecule has 0 bridgehead atoms. The third kappa shape index (κ3) is 12.0. The van der Waals surface area contributed by atoms with E-state index < -0.39 is 765 Å². The molecule has 3 heteroatoms. The summed E-state index contributed by atoms with van der Waals surface area (Å²) in [5.74, 6) is 0. The van der Waals surface area contributed by atoms with Crippen LogP contribution in [0.1, 0.15) is 107 Å². The van der Waals surface area contributed by atoms with Crippen LogP contribution in [0.25, 0.3) is 294 Å². The van der Waals surface area contributed by atoms with E-state index in [9.17, 15) is 39.8 Å². The van der Waals surface area contributed by atoms with Crippen LogP contribution in [-0.2, 0) is 0 Å². The van der Waals surface area contributed by atoms with Crippen LogP contribution in [0, 0.1) is 0 Å². The predicted octanol–water partition coefficient (Wildman–Crippen LogP) is 38.1. The molecule has 30 rings (SSSR count). The Morgan fingerprint density at radius 2 is 0.326 bits per heavy atom. The molecule has 624 valence electrons. The average Bonchev–Trinajstić information content (AvgIpc) is 1.51. The standard InChI is InChI=1S/3C44H26O/c1-3-12-30-27(10-1)20-23-33-32(30)18-9-19-34(33)43-37-16-7-5-14-35(37)42(36-15-6-8-17-38(36)43)29-22-25-41-40(26-29)39-24-21-28-11-2-4-13-31(28)44(39)45-41;1-3-11-32-27(9-1)17-18-29-25-30(20-22-33(29)32)42-35-13-5-7-15-37(35)43(38-16-8-6-14-36(38)42)31-21-24-41-40(26-31)39-23-19-28-10-2-4-12-34(28)44(39)45-41;1-3-11-32-27(9-1)17-18-29-19-20-30(25-39(29)32)42-34-13-5-7-15-36(34)43(37-16-8-6-14-35(37)42)31-22-24-41-40(26-31)38-23-21-28-10-2-4-12-33(28)44(38)45-41/h3*1-26H/i3*1D,2D,3D,4D,5D,6D,7D,8D,9D,10D,11D,12D,13D,14D,15D,16D,17D,18D,19D,20D,21D,22D,23D,24D,25D,26D. The fraction of sp³-hybridized carbons (Fsp3) is 0. The van der Waals surface area contributed by atoms with Crippen molar-refractivity contribution in [1.82, 2.24) is 0 Å². The van der Waals surface area contributed by atoms with Gasteiger partial charge in [-0.3, -0.25) is 0 Å². The predicted molar refractivity (Wildman–Crippen MR) is 576 cm³/mol. The smallest absolute Gasteiger partial charge is 0.143 e. The quantitative estimate of drug-likeness (QED) is 0.123. The first-order valence-corrected chi connectivity index (χ1v) is 40.2. The number of rotatable bonds is 6. The first-order chi connectivity index (χ1) is 99.5. The third-order valence-corrected chi connectivity index (χ3v) is 22.9. The van der Waals surface area contributed by atoms with E-state index in [4.69, 9.17) is 80.4 Å².